The Hall–Kier alpha value is -2.61. The molecule has 4 heterocycles. The smallest absolute Gasteiger partial charge is 0.265 e. The van der Waals surface area contributed by atoms with Gasteiger partial charge in [0.1, 0.15) is 18.1 Å². The number of nitrogens with one attached hydrogen (secondary N) is 1. The lowest BCUT2D eigenvalue weighted by atomic mass is 10.1. The number of carbonyl (C=O) groups excluding carboxylic acids is 1. The van der Waals surface area contributed by atoms with Crippen LogP contribution < -0.4 is 14.8 Å². The first-order valence-electron chi connectivity index (χ1n) is 7.74. The van der Waals surface area contributed by atoms with Crippen LogP contribution in [0.1, 0.15) is 34.8 Å². The maximum Gasteiger partial charge on any atom is 0.265 e. The molecule has 8 heteroatoms. The van der Waals surface area contributed by atoms with E-state index in [4.69, 9.17) is 9.47 Å². The molecule has 1 N–H and O–H groups in total. The summed E-state index contributed by atoms with van der Waals surface area (Å²) in [6.45, 7) is 2.97. The fourth-order valence-corrected chi connectivity index (χ4v) is 3.48. The number of ether oxygens (including phenoxy) is 2. The van der Waals surface area contributed by atoms with E-state index < -0.39 is 0 Å². The van der Waals surface area contributed by atoms with Gasteiger partial charge in [-0.1, -0.05) is 6.92 Å². The van der Waals surface area contributed by atoms with Crippen LogP contribution in [0.5, 0.6) is 11.5 Å². The van der Waals surface area contributed by atoms with Gasteiger partial charge in [0.15, 0.2) is 11.5 Å². The summed E-state index contributed by atoms with van der Waals surface area (Å²) in [5, 5.41) is 4.83. The predicted molar refractivity (Wildman–Crippen MR) is 88.8 cm³/mol. The van der Waals surface area contributed by atoms with E-state index in [9.17, 15) is 4.79 Å². The summed E-state index contributed by atoms with van der Waals surface area (Å²) < 4.78 is 12.9. The van der Waals surface area contributed by atoms with E-state index in [0.29, 0.717) is 35.4 Å². The number of nitrogens with zero attached hydrogens (tertiary/aromatic N) is 3. The summed E-state index contributed by atoms with van der Waals surface area (Å²) in [6.07, 6.45) is 6.19. The number of aromatic nitrogens is 3. The summed E-state index contributed by atoms with van der Waals surface area (Å²) in [6, 6.07) is 1.65. The van der Waals surface area contributed by atoms with E-state index in [-0.39, 0.29) is 11.9 Å². The first kappa shape index (κ1) is 14.9. The number of fused-ring (bicyclic) bond motifs is 2. The molecule has 124 valence electrons. The lowest BCUT2D eigenvalue weighted by molar-refractivity contribution is 0.0930. The second kappa shape index (κ2) is 6.12. The molecule has 1 aliphatic rings. The van der Waals surface area contributed by atoms with Crippen molar-refractivity contribution in [1.29, 1.82) is 0 Å². The fraction of sp³-hybridized carbons (Fsp3) is 0.312. The molecule has 0 bridgehead atoms. The van der Waals surface area contributed by atoms with Crippen molar-refractivity contribution in [3.05, 3.63) is 40.6 Å². The molecule has 1 atom stereocenters. The Labute approximate surface area is 142 Å². The van der Waals surface area contributed by atoms with Gasteiger partial charge in [-0.2, -0.15) is 0 Å². The van der Waals surface area contributed by atoms with Crippen molar-refractivity contribution >= 4 is 23.0 Å². The minimum Gasteiger partial charge on any atom is -0.485 e. The van der Waals surface area contributed by atoms with Crippen LogP contribution in [0.4, 0.5) is 0 Å². The third-order valence-electron chi connectivity index (χ3n) is 3.83. The van der Waals surface area contributed by atoms with Crippen LogP contribution in [0.3, 0.4) is 0 Å². The maximum absolute atomic E-state index is 12.6. The molecule has 4 rings (SSSR count). The fourth-order valence-electron chi connectivity index (χ4n) is 2.64. The molecule has 0 aromatic carbocycles. The van der Waals surface area contributed by atoms with E-state index >= 15 is 0 Å². The van der Waals surface area contributed by atoms with E-state index in [1.807, 2.05) is 29.8 Å². The zero-order valence-corrected chi connectivity index (χ0v) is 13.9. The molecule has 0 radical (unpaired) electrons. The molecule has 1 aliphatic heterocycles. The third kappa shape index (κ3) is 2.58. The van der Waals surface area contributed by atoms with Gasteiger partial charge in [0, 0.05) is 24.0 Å². The van der Waals surface area contributed by atoms with Crippen molar-refractivity contribution in [2.75, 3.05) is 13.2 Å². The molecule has 1 amide bonds. The average molecular weight is 344 g/mol. The standard InChI is InChI=1S/C16H16N4O3S/c1-2-10(11-8-20-5-3-4-17-16(20)19-11)18-15(21)14-13-12(9-24-14)22-6-7-23-13/h3-5,8-10H,2,6-7H2,1H3,(H,18,21). The van der Waals surface area contributed by atoms with Crippen molar-refractivity contribution in [1.82, 2.24) is 19.7 Å². The largest absolute Gasteiger partial charge is 0.485 e. The van der Waals surface area contributed by atoms with E-state index in [2.05, 4.69) is 15.3 Å². The summed E-state index contributed by atoms with van der Waals surface area (Å²) in [7, 11) is 0. The normalized spacial score (nSPS) is 14.5. The van der Waals surface area contributed by atoms with Crippen LogP contribution in [-0.2, 0) is 0 Å². The molecule has 1 unspecified atom stereocenters. The third-order valence-corrected chi connectivity index (χ3v) is 4.77. The number of imidazole rings is 1. The van der Waals surface area contributed by atoms with Crippen molar-refractivity contribution in [2.45, 2.75) is 19.4 Å². The zero-order valence-electron chi connectivity index (χ0n) is 13.1. The van der Waals surface area contributed by atoms with Crippen molar-refractivity contribution in [3.8, 4) is 11.5 Å². The van der Waals surface area contributed by atoms with Crippen LogP contribution in [0.25, 0.3) is 5.78 Å². The Morgan fingerprint density at radius 2 is 2.33 bits per heavy atom. The van der Waals surface area contributed by atoms with Crippen LogP contribution in [-0.4, -0.2) is 33.5 Å². The van der Waals surface area contributed by atoms with Gasteiger partial charge in [0.25, 0.3) is 5.91 Å². The lowest BCUT2D eigenvalue weighted by Crippen LogP contribution is -2.28. The second-order valence-corrected chi connectivity index (χ2v) is 6.26. The topological polar surface area (TPSA) is 77.8 Å². The van der Waals surface area contributed by atoms with E-state index in [0.717, 1.165) is 12.1 Å². The van der Waals surface area contributed by atoms with Gasteiger partial charge in [-0.3, -0.25) is 9.20 Å². The molecule has 0 spiro atoms. The van der Waals surface area contributed by atoms with Crippen molar-refractivity contribution in [2.24, 2.45) is 0 Å². The zero-order chi connectivity index (χ0) is 16.5. The molecule has 0 aliphatic carbocycles. The first-order chi connectivity index (χ1) is 11.8. The molecule has 0 saturated carbocycles. The summed E-state index contributed by atoms with van der Waals surface area (Å²) >= 11 is 1.33. The molecule has 3 aromatic rings. The summed E-state index contributed by atoms with van der Waals surface area (Å²) in [5.41, 5.74) is 0.784. The second-order valence-electron chi connectivity index (χ2n) is 5.38. The van der Waals surface area contributed by atoms with Gasteiger partial charge >= 0.3 is 0 Å². The number of hydrogen-bond acceptors (Lipinski definition) is 6. The van der Waals surface area contributed by atoms with Gasteiger partial charge < -0.3 is 14.8 Å². The molecule has 0 saturated heterocycles. The lowest BCUT2D eigenvalue weighted by Gasteiger charge is -2.17. The van der Waals surface area contributed by atoms with Gasteiger partial charge in [-0.05, 0) is 12.5 Å². The van der Waals surface area contributed by atoms with E-state index in [1.165, 1.54) is 11.3 Å². The van der Waals surface area contributed by atoms with Gasteiger partial charge in [-0.15, -0.1) is 11.3 Å². The van der Waals surface area contributed by atoms with Crippen LogP contribution >= 0.6 is 11.3 Å². The Morgan fingerprint density at radius 3 is 3.17 bits per heavy atom. The predicted octanol–water partition coefficient (Wildman–Crippen LogP) is 2.44. The molecule has 3 aromatic heterocycles. The Bertz CT molecular complexity index is 855. The highest BCUT2D eigenvalue weighted by molar-refractivity contribution is 7.12. The minimum atomic E-state index is -0.193. The van der Waals surface area contributed by atoms with Gasteiger partial charge in [0.05, 0.1) is 11.7 Å². The molecule has 0 fully saturated rings. The van der Waals surface area contributed by atoms with Crippen LogP contribution in [0.2, 0.25) is 0 Å². The van der Waals surface area contributed by atoms with Crippen molar-refractivity contribution < 1.29 is 14.3 Å². The number of amides is 1. The van der Waals surface area contributed by atoms with Crippen LogP contribution in [0, 0.1) is 0 Å². The summed E-state index contributed by atoms with van der Waals surface area (Å²) in [4.78, 5) is 21.9. The monoisotopic (exact) mass is 344 g/mol. The van der Waals surface area contributed by atoms with E-state index in [1.54, 1.807) is 11.6 Å². The molecule has 7 nitrogen and oxygen atoms in total. The SMILES string of the molecule is CCC(NC(=O)c1scc2c1OCCO2)c1cn2cccnc2n1. The number of rotatable bonds is 4. The Balaban J connectivity index is 1.58. The summed E-state index contributed by atoms with van der Waals surface area (Å²) in [5.74, 6) is 1.62. The van der Waals surface area contributed by atoms with Crippen molar-refractivity contribution in [3.63, 3.8) is 0 Å². The highest BCUT2D eigenvalue weighted by Crippen LogP contribution is 2.39. The van der Waals surface area contributed by atoms with Gasteiger partial charge in [-0.25, -0.2) is 9.97 Å². The minimum absolute atomic E-state index is 0.177. The molecular weight excluding hydrogens is 328 g/mol. The Morgan fingerprint density at radius 1 is 1.46 bits per heavy atom. The molecule has 24 heavy (non-hydrogen) atoms. The first-order valence-corrected chi connectivity index (χ1v) is 8.61. The average Bonchev–Trinajstić information content (AvgIpc) is 3.23. The number of carbonyl (C=O) groups is 1. The highest BCUT2D eigenvalue weighted by Gasteiger charge is 2.25. The van der Waals surface area contributed by atoms with Crippen LogP contribution in [0.15, 0.2) is 30.0 Å². The Kier molecular flexibility index (Phi) is 3.81. The molecular formula is C16H16N4O3S. The quantitative estimate of drug-likeness (QED) is 0.786. The highest BCUT2D eigenvalue weighted by atomic mass is 32.1. The maximum atomic E-state index is 12.6. The van der Waals surface area contributed by atoms with Gasteiger partial charge in [0.2, 0.25) is 5.78 Å². The number of hydrogen-bond donors (Lipinski definition) is 1. The number of thiophene rings is 1.